The van der Waals surface area contributed by atoms with E-state index >= 15 is 0 Å². The summed E-state index contributed by atoms with van der Waals surface area (Å²) in [5.74, 6) is -0.126. The second-order valence-electron chi connectivity index (χ2n) is 4.16. The summed E-state index contributed by atoms with van der Waals surface area (Å²) in [4.78, 5) is 21.7. The maximum atomic E-state index is 13.2. The fraction of sp³-hybridized carbons (Fsp3) is 0.214. The molecule has 1 N–H and O–H groups in total. The van der Waals surface area contributed by atoms with Gasteiger partial charge in [-0.1, -0.05) is 6.07 Å². The highest BCUT2D eigenvalue weighted by Crippen LogP contribution is 2.16. The lowest BCUT2D eigenvalue weighted by atomic mass is 10.2. The molecule has 20 heavy (non-hydrogen) atoms. The van der Waals surface area contributed by atoms with Crippen molar-refractivity contribution < 1.29 is 9.18 Å². The molecule has 0 unspecified atom stereocenters. The van der Waals surface area contributed by atoms with Crippen molar-refractivity contribution in [3.05, 3.63) is 48.2 Å². The van der Waals surface area contributed by atoms with Gasteiger partial charge in [0.25, 0.3) is 5.91 Å². The molecule has 0 radical (unpaired) electrons. The van der Waals surface area contributed by atoms with Crippen LogP contribution >= 0.6 is 0 Å². The van der Waals surface area contributed by atoms with E-state index in [1.54, 1.807) is 19.2 Å². The molecule has 0 fully saturated rings. The molecule has 0 aliphatic rings. The minimum atomic E-state index is -0.393. The van der Waals surface area contributed by atoms with E-state index in [1.165, 1.54) is 29.4 Å². The number of benzene rings is 1. The zero-order valence-electron chi connectivity index (χ0n) is 11.3. The standard InChI is InChI=1S/C14H15FN4O/c1-3-16-13-9-17-12(8-18-13)14(20)19(2)11-6-4-5-10(15)7-11/h4-9H,3H2,1-2H3,(H,16,18). The van der Waals surface area contributed by atoms with Crippen LogP contribution in [0.5, 0.6) is 0 Å². The molecule has 6 heteroatoms. The van der Waals surface area contributed by atoms with Gasteiger partial charge in [-0.15, -0.1) is 0 Å². The normalized spacial score (nSPS) is 10.2. The quantitative estimate of drug-likeness (QED) is 0.929. The van der Waals surface area contributed by atoms with E-state index in [9.17, 15) is 9.18 Å². The third-order valence-corrected chi connectivity index (χ3v) is 2.73. The minimum absolute atomic E-state index is 0.207. The van der Waals surface area contributed by atoms with Crippen LogP contribution in [0.1, 0.15) is 17.4 Å². The van der Waals surface area contributed by atoms with Gasteiger partial charge in [0.15, 0.2) is 0 Å². The molecule has 0 spiro atoms. The molecule has 104 valence electrons. The fourth-order valence-corrected chi connectivity index (χ4v) is 1.68. The highest BCUT2D eigenvalue weighted by atomic mass is 19.1. The molecular weight excluding hydrogens is 259 g/mol. The molecule has 1 aromatic carbocycles. The molecule has 1 heterocycles. The number of amides is 1. The van der Waals surface area contributed by atoms with Crippen molar-refractivity contribution in [3.8, 4) is 0 Å². The van der Waals surface area contributed by atoms with Crippen molar-refractivity contribution in [1.29, 1.82) is 0 Å². The highest BCUT2D eigenvalue weighted by molar-refractivity contribution is 6.04. The Kier molecular flexibility index (Phi) is 4.24. The fourth-order valence-electron chi connectivity index (χ4n) is 1.68. The second-order valence-corrected chi connectivity index (χ2v) is 4.16. The van der Waals surface area contributed by atoms with E-state index in [-0.39, 0.29) is 11.6 Å². The van der Waals surface area contributed by atoms with Crippen LogP contribution in [0.3, 0.4) is 0 Å². The average molecular weight is 274 g/mol. The number of hydrogen-bond donors (Lipinski definition) is 1. The van der Waals surface area contributed by atoms with E-state index in [1.807, 2.05) is 6.92 Å². The molecule has 0 aliphatic heterocycles. The first-order chi connectivity index (χ1) is 9.61. The number of halogens is 1. The second kappa shape index (κ2) is 6.10. The lowest BCUT2D eigenvalue weighted by Crippen LogP contribution is -2.27. The Morgan fingerprint density at radius 1 is 1.35 bits per heavy atom. The zero-order chi connectivity index (χ0) is 14.5. The SMILES string of the molecule is CCNc1cnc(C(=O)N(C)c2cccc(F)c2)cn1. The summed E-state index contributed by atoms with van der Waals surface area (Å²) < 4.78 is 13.2. The third kappa shape index (κ3) is 3.09. The Morgan fingerprint density at radius 3 is 2.75 bits per heavy atom. The molecule has 0 saturated heterocycles. The number of carbonyl (C=O) groups excluding carboxylic acids is 1. The van der Waals surface area contributed by atoms with Crippen LogP contribution in [0.15, 0.2) is 36.7 Å². The van der Waals surface area contributed by atoms with Gasteiger partial charge in [-0.3, -0.25) is 4.79 Å². The number of carbonyl (C=O) groups is 1. The molecule has 2 rings (SSSR count). The van der Waals surface area contributed by atoms with Crippen LogP contribution in [-0.4, -0.2) is 29.5 Å². The van der Waals surface area contributed by atoms with Gasteiger partial charge in [0, 0.05) is 19.3 Å². The van der Waals surface area contributed by atoms with Crippen molar-refractivity contribution in [2.24, 2.45) is 0 Å². The maximum absolute atomic E-state index is 13.2. The molecule has 0 bridgehead atoms. The summed E-state index contributed by atoms with van der Waals surface area (Å²) in [7, 11) is 1.57. The van der Waals surface area contributed by atoms with Crippen LogP contribution in [0, 0.1) is 5.82 Å². The first kappa shape index (κ1) is 13.9. The van der Waals surface area contributed by atoms with Crippen molar-refractivity contribution in [3.63, 3.8) is 0 Å². The van der Waals surface area contributed by atoms with Gasteiger partial charge in [0.05, 0.1) is 12.4 Å². The van der Waals surface area contributed by atoms with Crippen LogP contribution in [-0.2, 0) is 0 Å². The molecule has 0 saturated carbocycles. The first-order valence-electron chi connectivity index (χ1n) is 6.21. The molecule has 5 nitrogen and oxygen atoms in total. The minimum Gasteiger partial charge on any atom is -0.369 e. The number of aromatic nitrogens is 2. The van der Waals surface area contributed by atoms with Gasteiger partial charge in [0.1, 0.15) is 17.3 Å². The molecular formula is C14H15FN4O. The lowest BCUT2D eigenvalue weighted by molar-refractivity contribution is 0.0988. The van der Waals surface area contributed by atoms with Gasteiger partial charge in [-0.25, -0.2) is 14.4 Å². The zero-order valence-corrected chi connectivity index (χ0v) is 11.3. The predicted octanol–water partition coefficient (Wildman–Crippen LogP) is 2.32. The average Bonchev–Trinajstić information content (AvgIpc) is 2.47. The Balaban J connectivity index is 2.18. The third-order valence-electron chi connectivity index (χ3n) is 2.73. The van der Waals surface area contributed by atoms with E-state index in [0.717, 1.165) is 6.54 Å². The van der Waals surface area contributed by atoms with Crippen LogP contribution in [0.4, 0.5) is 15.9 Å². The molecule has 1 aromatic heterocycles. The summed E-state index contributed by atoms with van der Waals surface area (Å²) in [5.41, 5.74) is 0.672. The summed E-state index contributed by atoms with van der Waals surface area (Å²) in [5, 5.41) is 2.99. The molecule has 0 atom stereocenters. The predicted molar refractivity (Wildman–Crippen MR) is 75.3 cm³/mol. The van der Waals surface area contributed by atoms with Crippen molar-refractivity contribution >= 4 is 17.4 Å². The Morgan fingerprint density at radius 2 is 2.15 bits per heavy atom. The summed E-state index contributed by atoms with van der Waals surface area (Å²) in [6.07, 6.45) is 2.90. The van der Waals surface area contributed by atoms with Gasteiger partial charge >= 0.3 is 0 Å². The van der Waals surface area contributed by atoms with Crippen molar-refractivity contribution in [1.82, 2.24) is 9.97 Å². The van der Waals surface area contributed by atoms with Crippen molar-refractivity contribution in [2.75, 3.05) is 23.8 Å². The van der Waals surface area contributed by atoms with Crippen LogP contribution in [0.2, 0.25) is 0 Å². The summed E-state index contributed by atoms with van der Waals surface area (Å²) >= 11 is 0. The van der Waals surface area contributed by atoms with E-state index in [4.69, 9.17) is 0 Å². The molecule has 0 aliphatic carbocycles. The number of anilines is 2. The van der Waals surface area contributed by atoms with E-state index < -0.39 is 5.82 Å². The van der Waals surface area contributed by atoms with Crippen LogP contribution < -0.4 is 10.2 Å². The monoisotopic (exact) mass is 274 g/mol. The Bertz CT molecular complexity index is 600. The van der Waals surface area contributed by atoms with Gasteiger partial charge in [0.2, 0.25) is 0 Å². The number of rotatable bonds is 4. The number of nitrogens with one attached hydrogen (secondary N) is 1. The largest absolute Gasteiger partial charge is 0.369 e. The summed E-state index contributed by atoms with van der Waals surface area (Å²) in [6.45, 7) is 2.67. The number of nitrogens with zero attached hydrogens (tertiary/aromatic N) is 3. The van der Waals surface area contributed by atoms with E-state index in [0.29, 0.717) is 11.5 Å². The number of hydrogen-bond acceptors (Lipinski definition) is 4. The molecule has 2 aromatic rings. The Hall–Kier alpha value is -2.50. The summed E-state index contributed by atoms with van der Waals surface area (Å²) in [6, 6.07) is 5.82. The van der Waals surface area contributed by atoms with Gasteiger partial charge in [-0.2, -0.15) is 0 Å². The highest BCUT2D eigenvalue weighted by Gasteiger charge is 2.15. The maximum Gasteiger partial charge on any atom is 0.278 e. The van der Waals surface area contributed by atoms with Crippen LogP contribution in [0.25, 0.3) is 0 Å². The topological polar surface area (TPSA) is 58.1 Å². The van der Waals surface area contributed by atoms with E-state index in [2.05, 4.69) is 15.3 Å². The first-order valence-corrected chi connectivity index (χ1v) is 6.21. The van der Waals surface area contributed by atoms with Gasteiger partial charge in [-0.05, 0) is 25.1 Å². The molecule has 1 amide bonds. The lowest BCUT2D eigenvalue weighted by Gasteiger charge is -2.16. The van der Waals surface area contributed by atoms with Gasteiger partial charge < -0.3 is 10.2 Å². The Labute approximate surface area is 116 Å². The smallest absolute Gasteiger partial charge is 0.278 e. The van der Waals surface area contributed by atoms with Crippen molar-refractivity contribution in [2.45, 2.75) is 6.92 Å².